The minimum atomic E-state index is -0.778. The molecule has 6 nitrogen and oxygen atoms in total. The Balaban J connectivity index is 1.53. The highest BCUT2D eigenvalue weighted by Crippen LogP contribution is 2.19. The third-order valence-corrected chi connectivity index (χ3v) is 5.10. The average molecular weight is 372 g/mol. The van der Waals surface area contributed by atoms with Crippen molar-refractivity contribution in [3.63, 3.8) is 0 Å². The highest BCUT2D eigenvalue weighted by atomic mass is 35.5. The molecule has 3 atom stereocenters. The number of ether oxygens (including phenoxy) is 1. The predicted molar refractivity (Wildman–Crippen MR) is 92.3 cm³/mol. The fourth-order valence-electron chi connectivity index (χ4n) is 3.15. The molecule has 3 rings (SSSR count). The van der Waals surface area contributed by atoms with Crippen LogP contribution < -0.4 is 5.32 Å². The molecule has 2 saturated heterocycles. The maximum Gasteiger partial charge on any atom is 0.251 e. The summed E-state index contributed by atoms with van der Waals surface area (Å²) in [7, 11) is 2.09. The number of piperazine rings is 1. The normalized spacial score (nSPS) is 28.2. The van der Waals surface area contributed by atoms with Crippen LogP contribution in [0, 0.1) is 5.82 Å². The van der Waals surface area contributed by atoms with Crippen molar-refractivity contribution < 1.29 is 19.0 Å². The summed E-state index contributed by atoms with van der Waals surface area (Å²) in [6.07, 6.45) is -1.11. The minimum absolute atomic E-state index is 0.108. The van der Waals surface area contributed by atoms with Crippen molar-refractivity contribution in [3.8, 4) is 0 Å². The third-order valence-electron chi connectivity index (χ3n) is 4.82. The number of nitrogens with one attached hydrogen (secondary N) is 1. The summed E-state index contributed by atoms with van der Waals surface area (Å²) in [6, 6.07) is 3.29. The molecule has 8 heteroatoms. The molecule has 2 aliphatic rings. The second-order valence-electron chi connectivity index (χ2n) is 6.68. The van der Waals surface area contributed by atoms with Gasteiger partial charge in [0, 0.05) is 38.3 Å². The molecule has 2 aliphatic heterocycles. The van der Waals surface area contributed by atoms with E-state index in [1.807, 2.05) is 0 Å². The van der Waals surface area contributed by atoms with Gasteiger partial charge in [0.2, 0.25) is 0 Å². The lowest BCUT2D eigenvalue weighted by Crippen LogP contribution is -2.50. The van der Waals surface area contributed by atoms with Crippen molar-refractivity contribution in [3.05, 3.63) is 34.6 Å². The van der Waals surface area contributed by atoms with Crippen LogP contribution >= 0.6 is 11.6 Å². The zero-order chi connectivity index (χ0) is 18.0. The number of amides is 1. The molecule has 2 N–H and O–H groups in total. The number of likely N-dealkylation sites (N-methyl/N-ethyl adjacent to an activating group) is 1. The molecule has 25 heavy (non-hydrogen) atoms. The Hall–Kier alpha value is -1.25. The van der Waals surface area contributed by atoms with Gasteiger partial charge < -0.3 is 20.1 Å². The molecule has 0 aliphatic carbocycles. The van der Waals surface area contributed by atoms with Gasteiger partial charge in [0.05, 0.1) is 23.8 Å². The van der Waals surface area contributed by atoms with Crippen LogP contribution in [0.3, 0.4) is 0 Å². The Morgan fingerprint density at radius 2 is 2.12 bits per heavy atom. The van der Waals surface area contributed by atoms with Gasteiger partial charge in [0.15, 0.2) is 0 Å². The average Bonchev–Trinajstić information content (AvgIpc) is 2.92. The monoisotopic (exact) mass is 371 g/mol. The lowest BCUT2D eigenvalue weighted by Gasteiger charge is -2.34. The SMILES string of the molecule is CN1CCN(C[C@@H]2OC[C@H](NC(=O)c3ccc(F)c(Cl)c3)[C@H]2O)CC1. The smallest absolute Gasteiger partial charge is 0.251 e. The van der Waals surface area contributed by atoms with E-state index in [-0.39, 0.29) is 23.3 Å². The molecule has 0 spiro atoms. The Morgan fingerprint density at radius 1 is 1.40 bits per heavy atom. The topological polar surface area (TPSA) is 65.0 Å². The van der Waals surface area contributed by atoms with E-state index in [0.29, 0.717) is 6.54 Å². The fourth-order valence-corrected chi connectivity index (χ4v) is 3.33. The quantitative estimate of drug-likeness (QED) is 0.810. The summed E-state index contributed by atoms with van der Waals surface area (Å²) < 4.78 is 18.9. The summed E-state index contributed by atoms with van der Waals surface area (Å²) in [5, 5.41) is 13.1. The zero-order valence-corrected chi connectivity index (χ0v) is 14.9. The van der Waals surface area contributed by atoms with E-state index in [0.717, 1.165) is 32.2 Å². The van der Waals surface area contributed by atoms with Gasteiger partial charge in [0.25, 0.3) is 5.91 Å². The number of benzene rings is 1. The second-order valence-corrected chi connectivity index (χ2v) is 7.08. The molecule has 0 aromatic heterocycles. The first-order chi connectivity index (χ1) is 11.9. The third kappa shape index (κ3) is 4.48. The van der Waals surface area contributed by atoms with Crippen molar-refractivity contribution in [2.24, 2.45) is 0 Å². The van der Waals surface area contributed by atoms with E-state index in [1.165, 1.54) is 12.1 Å². The summed E-state index contributed by atoms with van der Waals surface area (Å²) >= 11 is 5.71. The van der Waals surface area contributed by atoms with Gasteiger partial charge in [-0.2, -0.15) is 0 Å². The number of carbonyl (C=O) groups excluding carboxylic acids is 1. The first-order valence-electron chi connectivity index (χ1n) is 8.40. The molecule has 138 valence electrons. The van der Waals surface area contributed by atoms with Crippen LogP contribution in [0.2, 0.25) is 5.02 Å². The molecule has 0 radical (unpaired) electrons. The number of rotatable bonds is 4. The Morgan fingerprint density at radius 3 is 2.80 bits per heavy atom. The van der Waals surface area contributed by atoms with Crippen LogP contribution in [0.4, 0.5) is 4.39 Å². The lowest BCUT2D eigenvalue weighted by molar-refractivity contribution is 0.00606. The van der Waals surface area contributed by atoms with Gasteiger partial charge in [-0.05, 0) is 25.2 Å². The van der Waals surface area contributed by atoms with E-state index < -0.39 is 23.9 Å². The molecule has 2 fully saturated rings. The molecule has 1 aromatic rings. The Kier molecular flexibility index (Phi) is 5.91. The van der Waals surface area contributed by atoms with E-state index in [4.69, 9.17) is 16.3 Å². The first kappa shape index (κ1) is 18.5. The van der Waals surface area contributed by atoms with E-state index >= 15 is 0 Å². The van der Waals surface area contributed by atoms with Crippen molar-refractivity contribution in [2.75, 3.05) is 46.4 Å². The summed E-state index contributed by atoms with van der Waals surface area (Å²) in [4.78, 5) is 16.8. The number of hydrogen-bond donors (Lipinski definition) is 2. The van der Waals surface area contributed by atoms with Crippen molar-refractivity contribution in [2.45, 2.75) is 18.2 Å². The number of nitrogens with zero attached hydrogens (tertiary/aromatic N) is 2. The van der Waals surface area contributed by atoms with Gasteiger partial charge in [-0.25, -0.2) is 4.39 Å². The number of halogens is 2. The van der Waals surface area contributed by atoms with Crippen LogP contribution in [0.25, 0.3) is 0 Å². The molecular formula is C17H23ClFN3O3. The maximum atomic E-state index is 13.2. The number of aliphatic hydroxyl groups excluding tert-OH is 1. The van der Waals surface area contributed by atoms with Gasteiger partial charge >= 0.3 is 0 Å². The van der Waals surface area contributed by atoms with Gasteiger partial charge in [0.1, 0.15) is 11.9 Å². The van der Waals surface area contributed by atoms with Crippen LogP contribution in [0.5, 0.6) is 0 Å². The number of hydrogen-bond acceptors (Lipinski definition) is 5. The van der Waals surface area contributed by atoms with Crippen LogP contribution in [0.1, 0.15) is 10.4 Å². The van der Waals surface area contributed by atoms with Crippen LogP contribution in [-0.4, -0.2) is 85.4 Å². The van der Waals surface area contributed by atoms with E-state index in [2.05, 4.69) is 22.2 Å². The number of aliphatic hydroxyl groups is 1. The summed E-state index contributed by atoms with van der Waals surface area (Å²) in [5.74, 6) is -0.982. The molecule has 0 saturated carbocycles. The second kappa shape index (κ2) is 7.97. The largest absolute Gasteiger partial charge is 0.388 e. The highest BCUT2D eigenvalue weighted by Gasteiger charge is 2.38. The highest BCUT2D eigenvalue weighted by molar-refractivity contribution is 6.31. The van der Waals surface area contributed by atoms with Gasteiger partial charge in [-0.15, -0.1) is 0 Å². The molecule has 0 unspecified atom stereocenters. The fraction of sp³-hybridized carbons (Fsp3) is 0.588. The van der Waals surface area contributed by atoms with Crippen LogP contribution in [-0.2, 0) is 4.74 Å². The number of carbonyl (C=O) groups is 1. The molecule has 2 heterocycles. The Bertz CT molecular complexity index is 625. The van der Waals surface area contributed by atoms with Gasteiger partial charge in [-0.1, -0.05) is 11.6 Å². The Labute approximate surface area is 151 Å². The molecule has 0 bridgehead atoms. The molecule has 1 amide bonds. The van der Waals surface area contributed by atoms with Crippen molar-refractivity contribution >= 4 is 17.5 Å². The van der Waals surface area contributed by atoms with Crippen molar-refractivity contribution in [1.82, 2.24) is 15.1 Å². The minimum Gasteiger partial charge on any atom is -0.388 e. The van der Waals surface area contributed by atoms with E-state index in [9.17, 15) is 14.3 Å². The molecular weight excluding hydrogens is 349 g/mol. The lowest BCUT2D eigenvalue weighted by atomic mass is 10.1. The molecule has 1 aromatic carbocycles. The first-order valence-corrected chi connectivity index (χ1v) is 8.78. The summed E-state index contributed by atoms with van der Waals surface area (Å²) in [5.41, 5.74) is 0.251. The van der Waals surface area contributed by atoms with Crippen LogP contribution in [0.15, 0.2) is 18.2 Å². The maximum absolute atomic E-state index is 13.2. The zero-order valence-electron chi connectivity index (χ0n) is 14.1. The van der Waals surface area contributed by atoms with E-state index in [1.54, 1.807) is 0 Å². The predicted octanol–water partition coefficient (Wildman–Crippen LogP) is 0.585. The van der Waals surface area contributed by atoms with Gasteiger partial charge in [-0.3, -0.25) is 9.69 Å². The summed E-state index contributed by atoms with van der Waals surface area (Å²) in [6.45, 7) is 4.76. The van der Waals surface area contributed by atoms with Crippen molar-refractivity contribution in [1.29, 1.82) is 0 Å². The standard InChI is InChI=1S/C17H23ClFN3O3/c1-21-4-6-22(7-5-21)9-15-16(23)14(10-25-15)20-17(24)11-2-3-13(19)12(18)8-11/h2-3,8,14-16,23H,4-7,9-10H2,1H3,(H,20,24)/t14-,15-,16+/m0/s1.